The quantitative estimate of drug-likeness (QED) is 0.391. The number of amides is 3. The fourth-order valence-electron chi connectivity index (χ4n) is 2.90. The minimum Gasteiger partial charge on any atom is -0.368 e. The molecular weight excluding hydrogens is 322 g/mol. The van der Waals surface area contributed by atoms with E-state index in [9.17, 15) is 14.4 Å². The maximum atomic E-state index is 12.6. The monoisotopic (exact) mass is 355 g/mol. The molecule has 1 rings (SSSR count). The topological polar surface area (TPSA) is 131 Å². The zero-order valence-electron chi connectivity index (χ0n) is 15.6. The highest BCUT2D eigenvalue weighted by molar-refractivity contribution is 5.92. The van der Waals surface area contributed by atoms with Crippen molar-refractivity contribution in [3.63, 3.8) is 0 Å². The minimum atomic E-state index is -0.757. The highest BCUT2D eigenvalue weighted by Crippen LogP contribution is 2.19. The van der Waals surface area contributed by atoms with E-state index < -0.39 is 24.0 Å². The third-order valence-electron chi connectivity index (χ3n) is 4.44. The lowest BCUT2D eigenvalue weighted by atomic mass is 10.1. The number of rotatable bonds is 10. The molecule has 0 saturated carbocycles. The van der Waals surface area contributed by atoms with Crippen molar-refractivity contribution in [2.24, 2.45) is 11.5 Å². The van der Waals surface area contributed by atoms with Gasteiger partial charge < -0.3 is 27.0 Å². The number of hydrogen-bond donors (Lipinski definition) is 4. The zero-order chi connectivity index (χ0) is 19.0. The molecule has 8 heteroatoms. The first-order valence-corrected chi connectivity index (χ1v) is 9.13. The van der Waals surface area contributed by atoms with Crippen LogP contribution in [0.15, 0.2) is 0 Å². The molecule has 144 valence electrons. The molecule has 3 atom stereocenters. The third kappa shape index (κ3) is 6.99. The summed E-state index contributed by atoms with van der Waals surface area (Å²) >= 11 is 0. The predicted octanol–water partition coefficient (Wildman–Crippen LogP) is -0.537. The third-order valence-corrected chi connectivity index (χ3v) is 4.44. The number of nitrogens with zero attached hydrogens (tertiary/aromatic N) is 1. The van der Waals surface area contributed by atoms with Gasteiger partial charge in [-0.2, -0.15) is 0 Å². The summed E-state index contributed by atoms with van der Waals surface area (Å²) in [6, 6.07) is -1.47. The van der Waals surface area contributed by atoms with Crippen molar-refractivity contribution in [2.75, 3.05) is 13.1 Å². The number of likely N-dealkylation sites (tertiary alicyclic amines) is 1. The number of primary amides is 1. The molecule has 1 aliphatic heterocycles. The number of carbonyl (C=O) groups excluding carboxylic acids is 3. The van der Waals surface area contributed by atoms with E-state index in [0.717, 1.165) is 25.8 Å². The molecule has 0 bridgehead atoms. The lowest BCUT2D eigenvalue weighted by Crippen LogP contribution is -2.54. The first-order chi connectivity index (χ1) is 11.7. The van der Waals surface area contributed by atoms with E-state index >= 15 is 0 Å². The van der Waals surface area contributed by atoms with Gasteiger partial charge in [-0.25, -0.2) is 0 Å². The molecule has 25 heavy (non-hydrogen) atoms. The summed E-state index contributed by atoms with van der Waals surface area (Å²) in [6.07, 6.45) is 3.74. The second kappa shape index (κ2) is 10.4. The minimum absolute atomic E-state index is 0.193. The molecule has 0 aromatic rings. The van der Waals surface area contributed by atoms with Gasteiger partial charge in [0.25, 0.3) is 0 Å². The van der Waals surface area contributed by atoms with E-state index in [1.54, 1.807) is 4.90 Å². The maximum absolute atomic E-state index is 12.6. The van der Waals surface area contributed by atoms with Gasteiger partial charge in [-0.05, 0) is 39.2 Å². The van der Waals surface area contributed by atoms with Gasteiger partial charge in [0.1, 0.15) is 12.1 Å². The van der Waals surface area contributed by atoms with Crippen LogP contribution in [0.2, 0.25) is 0 Å². The normalized spacial score (nSPS) is 19.7. The van der Waals surface area contributed by atoms with Gasteiger partial charge in [-0.1, -0.05) is 20.3 Å². The SMILES string of the molecule is CC(C)NCCCC[C@H](N)C(=O)N1CCC[C@H]1C(=O)N[C@@H](C)C(N)=O. The van der Waals surface area contributed by atoms with Crippen LogP contribution >= 0.6 is 0 Å². The van der Waals surface area contributed by atoms with Crippen LogP contribution < -0.4 is 22.1 Å². The van der Waals surface area contributed by atoms with E-state index in [0.29, 0.717) is 25.4 Å². The molecule has 1 heterocycles. The van der Waals surface area contributed by atoms with Crippen LogP contribution in [0.5, 0.6) is 0 Å². The average molecular weight is 355 g/mol. The number of unbranched alkanes of at least 4 members (excludes halogenated alkanes) is 1. The van der Waals surface area contributed by atoms with Crippen molar-refractivity contribution in [3.8, 4) is 0 Å². The van der Waals surface area contributed by atoms with E-state index in [4.69, 9.17) is 11.5 Å². The Hall–Kier alpha value is -1.67. The first-order valence-electron chi connectivity index (χ1n) is 9.13. The molecule has 1 fully saturated rings. The van der Waals surface area contributed by atoms with Crippen molar-refractivity contribution in [2.45, 2.75) is 77.0 Å². The molecule has 0 unspecified atom stereocenters. The van der Waals surface area contributed by atoms with Crippen molar-refractivity contribution < 1.29 is 14.4 Å². The summed E-state index contributed by atoms with van der Waals surface area (Å²) in [5, 5.41) is 5.89. The van der Waals surface area contributed by atoms with Crippen LogP contribution in [0.1, 0.15) is 52.9 Å². The summed E-state index contributed by atoms with van der Waals surface area (Å²) in [4.78, 5) is 37.5. The molecule has 0 aromatic carbocycles. The largest absolute Gasteiger partial charge is 0.368 e. The van der Waals surface area contributed by atoms with Crippen molar-refractivity contribution >= 4 is 17.7 Å². The van der Waals surface area contributed by atoms with Gasteiger partial charge in [0.15, 0.2) is 0 Å². The van der Waals surface area contributed by atoms with Gasteiger partial charge >= 0.3 is 0 Å². The Labute approximate surface area is 150 Å². The molecule has 0 spiro atoms. The summed E-state index contributed by atoms with van der Waals surface area (Å²) < 4.78 is 0. The van der Waals surface area contributed by atoms with Crippen LogP contribution in [-0.2, 0) is 14.4 Å². The Morgan fingerprint density at radius 3 is 2.48 bits per heavy atom. The summed E-state index contributed by atoms with van der Waals surface area (Å²) in [7, 11) is 0. The van der Waals surface area contributed by atoms with Crippen LogP contribution in [0.3, 0.4) is 0 Å². The van der Waals surface area contributed by atoms with Gasteiger partial charge in [0, 0.05) is 12.6 Å². The summed E-state index contributed by atoms with van der Waals surface area (Å²) in [6.45, 7) is 7.13. The predicted molar refractivity (Wildman–Crippen MR) is 96.5 cm³/mol. The maximum Gasteiger partial charge on any atom is 0.243 e. The summed E-state index contributed by atoms with van der Waals surface area (Å²) in [5.74, 6) is -1.14. The summed E-state index contributed by atoms with van der Waals surface area (Å²) in [5.41, 5.74) is 11.2. The molecule has 0 aliphatic carbocycles. The Balaban J connectivity index is 2.46. The smallest absolute Gasteiger partial charge is 0.243 e. The Kier molecular flexibility index (Phi) is 8.85. The van der Waals surface area contributed by atoms with Gasteiger partial charge in [0.05, 0.1) is 6.04 Å². The fraction of sp³-hybridized carbons (Fsp3) is 0.824. The molecule has 0 aromatic heterocycles. The van der Waals surface area contributed by atoms with Crippen LogP contribution in [0.4, 0.5) is 0 Å². The molecule has 8 nitrogen and oxygen atoms in total. The van der Waals surface area contributed by atoms with Gasteiger partial charge in [-0.3, -0.25) is 14.4 Å². The van der Waals surface area contributed by atoms with E-state index in [-0.39, 0.29) is 11.8 Å². The highest BCUT2D eigenvalue weighted by Gasteiger charge is 2.36. The fourth-order valence-corrected chi connectivity index (χ4v) is 2.90. The van der Waals surface area contributed by atoms with Gasteiger partial charge in [0.2, 0.25) is 17.7 Å². The molecule has 3 amide bonds. The van der Waals surface area contributed by atoms with Crippen molar-refractivity contribution in [3.05, 3.63) is 0 Å². The lowest BCUT2D eigenvalue weighted by Gasteiger charge is -2.27. The van der Waals surface area contributed by atoms with Crippen LogP contribution in [0, 0.1) is 0 Å². The van der Waals surface area contributed by atoms with Crippen LogP contribution in [0.25, 0.3) is 0 Å². The molecule has 6 N–H and O–H groups in total. The molecule has 0 radical (unpaired) electrons. The number of nitrogens with two attached hydrogens (primary N) is 2. The second-order valence-electron chi connectivity index (χ2n) is 7.03. The Bertz CT molecular complexity index is 469. The number of nitrogens with one attached hydrogen (secondary N) is 2. The van der Waals surface area contributed by atoms with Crippen molar-refractivity contribution in [1.82, 2.24) is 15.5 Å². The first kappa shape index (κ1) is 21.4. The van der Waals surface area contributed by atoms with E-state index in [1.807, 2.05) is 0 Å². The second-order valence-corrected chi connectivity index (χ2v) is 7.03. The van der Waals surface area contributed by atoms with Crippen molar-refractivity contribution in [1.29, 1.82) is 0 Å². The lowest BCUT2D eigenvalue weighted by molar-refractivity contribution is -0.140. The molecule has 1 aliphatic rings. The standard InChI is InChI=1S/C17H33N5O3/c1-11(2)20-9-5-4-7-13(18)17(25)22-10-6-8-14(22)16(24)21-12(3)15(19)23/h11-14,20H,4-10,18H2,1-3H3,(H2,19,23)(H,21,24)/t12-,13-,14-/m0/s1. The van der Waals surface area contributed by atoms with E-state index in [2.05, 4.69) is 24.5 Å². The molecular formula is C17H33N5O3. The Morgan fingerprint density at radius 1 is 1.20 bits per heavy atom. The van der Waals surface area contributed by atoms with Crippen LogP contribution in [-0.4, -0.2) is 59.9 Å². The van der Waals surface area contributed by atoms with Gasteiger partial charge in [-0.15, -0.1) is 0 Å². The number of hydrogen-bond acceptors (Lipinski definition) is 5. The zero-order valence-corrected chi connectivity index (χ0v) is 15.6. The highest BCUT2D eigenvalue weighted by atomic mass is 16.2. The molecule has 1 saturated heterocycles. The Morgan fingerprint density at radius 2 is 1.88 bits per heavy atom. The van der Waals surface area contributed by atoms with E-state index in [1.165, 1.54) is 6.92 Å². The number of carbonyl (C=O) groups is 3. The average Bonchev–Trinajstić information content (AvgIpc) is 3.02.